The molecule has 2 aromatic carbocycles. The normalized spacial score (nSPS) is 17.2. The maximum atomic E-state index is 12.4. The van der Waals surface area contributed by atoms with Crippen LogP contribution in [0.1, 0.15) is 29.4 Å². The maximum absolute atomic E-state index is 12.4. The minimum atomic E-state index is -0.0396. The van der Waals surface area contributed by atoms with Gasteiger partial charge >= 0.3 is 0 Å². The summed E-state index contributed by atoms with van der Waals surface area (Å²) in [6, 6.07) is 17.9. The highest BCUT2D eigenvalue weighted by Gasteiger charge is 2.34. The van der Waals surface area contributed by atoms with Gasteiger partial charge in [-0.25, -0.2) is 0 Å². The highest BCUT2D eigenvalue weighted by atomic mass is 16.5. The van der Waals surface area contributed by atoms with Crippen LogP contribution in [0.2, 0.25) is 0 Å². The molecule has 1 amide bonds. The molecular formula is C20H19N3O2. The summed E-state index contributed by atoms with van der Waals surface area (Å²) in [5.74, 6) is 1.20. The number of rotatable bonds is 4. The SMILES string of the molecule is Cc1cccc(CN2CC(c3nc(-c4ccccc4)no3)CC2=O)c1. The van der Waals surface area contributed by atoms with Crippen LogP contribution in [0.3, 0.4) is 0 Å². The van der Waals surface area contributed by atoms with Gasteiger partial charge in [-0.15, -0.1) is 0 Å². The van der Waals surface area contributed by atoms with Crippen LogP contribution in [0.25, 0.3) is 11.4 Å². The Balaban J connectivity index is 1.48. The van der Waals surface area contributed by atoms with Crippen molar-refractivity contribution in [2.24, 2.45) is 0 Å². The van der Waals surface area contributed by atoms with Gasteiger partial charge in [-0.05, 0) is 12.5 Å². The Morgan fingerprint density at radius 2 is 2.00 bits per heavy atom. The summed E-state index contributed by atoms with van der Waals surface area (Å²) in [6.45, 7) is 3.29. The van der Waals surface area contributed by atoms with Gasteiger partial charge in [0.1, 0.15) is 0 Å². The average molecular weight is 333 g/mol. The fourth-order valence-electron chi connectivity index (χ4n) is 3.23. The molecule has 0 bridgehead atoms. The number of aryl methyl sites for hydroxylation is 1. The molecule has 0 N–H and O–H groups in total. The number of hydrogen-bond donors (Lipinski definition) is 0. The van der Waals surface area contributed by atoms with Gasteiger partial charge in [-0.2, -0.15) is 4.98 Å². The monoisotopic (exact) mass is 333 g/mol. The van der Waals surface area contributed by atoms with E-state index in [2.05, 4.69) is 29.2 Å². The largest absolute Gasteiger partial charge is 0.339 e. The summed E-state index contributed by atoms with van der Waals surface area (Å²) < 4.78 is 5.43. The second kappa shape index (κ2) is 6.51. The lowest BCUT2D eigenvalue weighted by Crippen LogP contribution is -2.24. The Morgan fingerprint density at radius 3 is 2.80 bits per heavy atom. The zero-order valence-corrected chi connectivity index (χ0v) is 14.1. The molecule has 1 saturated heterocycles. The van der Waals surface area contributed by atoms with Crippen LogP contribution in [-0.2, 0) is 11.3 Å². The number of likely N-dealkylation sites (tertiary alicyclic amines) is 1. The molecule has 1 aliphatic rings. The molecule has 2 heterocycles. The molecule has 1 aromatic heterocycles. The van der Waals surface area contributed by atoms with Crippen LogP contribution < -0.4 is 0 Å². The third-order valence-corrected chi connectivity index (χ3v) is 4.49. The van der Waals surface area contributed by atoms with Crippen molar-refractivity contribution >= 4 is 5.91 Å². The molecule has 1 aliphatic heterocycles. The molecule has 0 radical (unpaired) electrons. The molecule has 4 rings (SSSR count). The van der Waals surface area contributed by atoms with Crippen molar-refractivity contribution in [3.8, 4) is 11.4 Å². The Morgan fingerprint density at radius 1 is 1.16 bits per heavy atom. The van der Waals surface area contributed by atoms with Crippen molar-refractivity contribution in [2.75, 3.05) is 6.54 Å². The summed E-state index contributed by atoms with van der Waals surface area (Å²) in [7, 11) is 0. The van der Waals surface area contributed by atoms with E-state index in [1.165, 1.54) is 5.56 Å². The molecule has 1 fully saturated rings. The Kier molecular flexibility index (Phi) is 4.06. The lowest BCUT2D eigenvalue weighted by atomic mass is 10.1. The number of carbonyl (C=O) groups excluding carboxylic acids is 1. The minimum absolute atomic E-state index is 0.0396. The average Bonchev–Trinajstić information content (AvgIpc) is 3.23. The number of hydrogen-bond acceptors (Lipinski definition) is 4. The predicted octanol–water partition coefficient (Wildman–Crippen LogP) is 3.56. The maximum Gasteiger partial charge on any atom is 0.232 e. The molecule has 1 atom stereocenters. The first-order valence-electron chi connectivity index (χ1n) is 8.41. The van der Waals surface area contributed by atoms with Gasteiger partial charge < -0.3 is 9.42 Å². The van der Waals surface area contributed by atoms with E-state index < -0.39 is 0 Å². The van der Waals surface area contributed by atoms with Gasteiger partial charge in [0.25, 0.3) is 0 Å². The van der Waals surface area contributed by atoms with Crippen LogP contribution in [-0.4, -0.2) is 27.5 Å². The van der Waals surface area contributed by atoms with Crippen LogP contribution >= 0.6 is 0 Å². The smallest absolute Gasteiger partial charge is 0.232 e. The third kappa shape index (κ3) is 3.31. The quantitative estimate of drug-likeness (QED) is 0.732. The molecule has 3 aromatic rings. The second-order valence-corrected chi connectivity index (χ2v) is 6.49. The van der Waals surface area contributed by atoms with Gasteiger partial charge in [-0.3, -0.25) is 4.79 Å². The summed E-state index contributed by atoms with van der Waals surface area (Å²) in [5, 5.41) is 4.06. The Labute approximate surface area is 146 Å². The standard InChI is InChI=1S/C20H19N3O2/c1-14-6-5-7-15(10-14)12-23-13-17(11-18(23)24)20-21-19(22-25-20)16-8-3-2-4-9-16/h2-10,17H,11-13H2,1H3. The first-order chi connectivity index (χ1) is 12.2. The number of carbonyl (C=O) groups is 1. The number of benzene rings is 2. The molecule has 1 unspecified atom stereocenters. The van der Waals surface area contributed by atoms with E-state index in [1.807, 2.05) is 47.4 Å². The summed E-state index contributed by atoms with van der Waals surface area (Å²) in [5.41, 5.74) is 3.26. The van der Waals surface area contributed by atoms with Crippen molar-refractivity contribution in [1.29, 1.82) is 0 Å². The molecule has 25 heavy (non-hydrogen) atoms. The zero-order valence-electron chi connectivity index (χ0n) is 14.1. The van der Waals surface area contributed by atoms with E-state index in [-0.39, 0.29) is 11.8 Å². The molecule has 5 heteroatoms. The van der Waals surface area contributed by atoms with Gasteiger partial charge in [0.05, 0.1) is 5.92 Å². The first-order valence-corrected chi connectivity index (χ1v) is 8.41. The van der Waals surface area contributed by atoms with Crippen molar-refractivity contribution in [3.63, 3.8) is 0 Å². The fourth-order valence-corrected chi connectivity index (χ4v) is 3.23. The van der Waals surface area contributed by atoms with Gasteiger partial charge in [0, 0.05) is 25.1 Å². The Hall–Kier alpha value is -2.95. The van der Waals surface area contributed by atoms with E-state index in [9.17, 15) is 4.79 Å². The van der Waals surface area contributed by atoms with Crippen LogP contribution in [0.4, 0.5) is 0 Å². The van der Waals surface area contributed by atoms with Gasteiger partial charge in [-0.1, -0.05) is 65.3 Å². The summed E-state index contributed by atoms with van der Waals surface area (Å²) >= 11 is 0. The number of amides is 1. The van der Waals surface area contributed by atoms with Crippen LogP contribution in [0.15, 0.2) is 59.1 Å². The highest BCUT2D eigenvalue weighted by Crippen LogP contribution is 2.29. The van der Waals surface area contributed by atoms with Crippen LogP contribution in [0, 0.1) is 6.92 Å². The summed E-state index contributed by atoms with van der Waals surface area (Å²) in [6.07, 6.45) is 0.419. The van der Waals surface area contributed by atoms with Gasteiger partial charge in [0.2, 0.25) is 17.6 Å². The van der Waals surface area contributed by atoms with Crippen molar-refractivity contribution < 1.29 is 9.32 Å². The molecule has 0 spiro atoms. The van der Waals surface area contributed by atoms with Crippen molar-refractivity contribution in [3.05, 3.63) is 71.6 Å². The zero-order chi connectivity index (χ0) is 17.2. The number of aromatic nitrogens is 2. The van der Waals surface area contributed by atoms with Gasteiger partial charge in [0.15, 0.2) is 0 Å². The third-order valence-electron chi connectivity index (χ3n) is 4.49. The highest BCUT2D eigenvalue weighted by molar-refractivity contribution is 5.79. The molecule has 0 aliphatic carbocycles. The molecule has 5 nitrogen and oxygen atoms in total. The lowest BCUT2D eigenvalue weighted by molar-refractivity contribution is -0.128. The minimum Gasteiger partial charge on any atom is -0.339 e. The topological polar surface area (TPSA) is 59.2 Å². The molecule has 126 valence electrons. The van der Waals surface area contributed by atoms with Crippen molar-refractivity contribution in [2.45, 2.75) is 25.8 Å². The predicted molar refractivity (Wildman–Crippen MR) is 93.7 cm³/mol. The lowest BCUT2D eigenvalue weighted by Gasteiger charge is -2.16. The number of nitrogens with zero attached hydrogens (tertiary/aromatic N) is 3. The summed E-state index contributed by atoms with van der Waals surface area (Å²) in [4.78, 5) is 18.7. The molecular weight excluding hydrogens is 314 g/mol. The van der Waals surface area contributed by atoms with E-state index in [4.69, 9.17) is 4.52 Å². The van der Waals surface area contributed by atoms with Crippen LogP contribution in [0.5, 0.6) is 0 Å². The molecule has 0 saturated carbocycles. The second-order valence-electron chi connectivity index (χ2n) is 6.49. The fraction of sp³-hybridized carbons (Fsp3) is 0.250. The first kappa shape index (κ1) is 15.6. The van der Waals surface area contributed by atoms with E-state index in [0.29, 0.717) is 31.2 Å². The van der Waals surface area contributed by atoms with Crippen molar-refractivity contribution in [1.82, 2.24) is 15.0 Å². The van der Waals surface area contributed by atoms with E-state index in [1.54, 1.807) is 0 Å². The van der Waals surface area contributed by atoms with E-state index >= 15 is 0 Å². The van der Waals surface area contributed by atoms with E-state index in [0.717, 1.165) is 11.1 Å². The Bertz CT molecular complexity index is 889.